The fraction of sp³-hybridized carbons (Fsp3) is 0.429. The molecule has 134 valence electrons. The maximum Gasteiger partial charge on any atom is 0.125 e. The Balaban J connectivity index is 1.51. The van der Waals surface area contributed by atoms with Crippen LogP contribution in [-0.2, 0) is 20.0 Å². The van der Waals surface area contributed by atoms with Gasteiger partial charge >= 0.3 is 0 Å². The third-order valence-electron chi connectivity index (χ3n) is 6.08. The smallest absolute Gasteiger partial charge is 0.125 e. The zero-order chi connectivity index (χ0) is 17.8. The minimum absolute atomic E-state index is 0.456. The number of aryl methyl sites for hydroxylation is 2. The maximum absolute atomic E-state index is 5.39. The lowest BCUT2D eigenvalue weighted by Crippen LogP contribution is -2.37. The number of hydrogen-bond acceptors (Lipinski definition) is 4. The molecule has 0 spiro atoms. The molecule has 1 aromatic carbocycles. The minimum atomic E-state index is 0.456. The third-order valence-corrected chi connectivity index (χ3v) is 6.08. The van der Waals surface area contributed by atoms with Crippen molar-refractivity contribution in [3.8, 4) is 5.75 Å². The van der Waals surface area contributed by atoms with Crippen LogP contribution in [0, 0.1) is 6.92 Å². The van der Waals surface area contributed by atoms with Crippen molar-refractivity contribution in [2.24, 2.45) is 7.05 Å². The molecule has 2 aliphatic rings. The van der Waals surface area contributed by atoms with Crippen LogP contribution in [0.25, 0.3) is 10.9 Å². The molecule has 5 rings (SSSR count). The quantitative estimate of drug-likeness (QED) is 0.726. The SMILES string of the molecule is COc1ccc2c(CN3[C@H]4CC[C@@H]3c3cnc(C)nc3C4)cn(C)c2c1. The van der Waals surface area contributed by atoms with Gasteiger partial charge in [0, 0.05) is 61.5 Å². The monoisotopic (exact) mass is 348 g/mol. The zero-order valence-corrected chi connectivity index (χ0v) is 15.6. The summed E-state index contributed by atoms with van der Waals surface area (Å²) in [4.78, 5) is 11.8. The predicted molar refractivity (Wildman–Crippen MR) is 101 cm³/mol. The molecule has 5 heteroatoms. The number of methoxy groups -OCH3 is 1. The molecule has 5 nitrogen and oxygen atoms in total. The van der Waals surface area contributed by atoms with E-state index in [9.17, 15) is 0 Å². The van der Waals surface area contributed by atoms with Crippen molar-refractivity contribution in [1.82, 2.24) is 19.4 Å². The van der Waals surface area contributed by atoms with Crippen molar-refractivity contribution in [3.63, 3.8) is 0 Å². The number of fused-ring (bicyclic) bond motifs is 5. The Labute approximate surface area is 153 Å². The molecule has 0 N–H and O–H groups in total. The summed E-state index contributed by atoms with van der Waals surface area (Å²) in [6.07, 6.45) is 7.84. The van der Waals surface area contributed by atoms with Gasteiger partial charge in [0.25, 0.3) is 0 Å². The van der Waals surface area contributed by atoms with E-state index in [2.05, 4.69) is 52.1 Å². The summed E-state index contributed by atoms with van der Waals surface area (Å²) in [7, 11) is 3.83. The molecule has 1 fully saturated rings. The number of rotatable bonds is 3. The van der Waals surface area contributed by atoms with Crippen molar-refractivity contribution in [1.29, 1.82) is 0 Å². The summed E-state index contributed by atoms with van der Waals surface area (Å²) in [5.74, 6) is 1.80. The first kappa shape index (κ1) is 15.8. The van der Waals surface area contributed by atoms with Crippen LogP contribution in [0.4, 0.5) is 0 Å². The lowest BCUT2D eigenvalue weighted by Gasteiger charge is -2.35. The molecule has 1 saturated heterocycles. The van der Waals surface area contributed by atoms with Crippen LogP contribution in [0.5, 0.6) is 5.75 Å². The average molecular weight is 348 g/mol. The summed E-state index contributed by atoms with van der Waals surface area (Å²) < 4.78 is 7.60. The third kappa shape index (κ3) is 2.34. The van der Waals surface area contributed by atoms with Gasteiger partial charge in [-0.05, 0) is 37.5 Å². The van der Waals surface area contributed by atoms with E-state index in [4.69, 9.17) is 9.72 Å². The van der Waals surface area contributed by atoms with Gasteiger partial charge in [0.05, 0.1) is 18.3 Å². The lowest BCUT2D eigenvalue weighted by atomic mass is 9.98. The minimum Gasteiger partial charge on any atom is -0.497 e. The van der Waals surface area contributed by atoms with E-state index in [1.807, 2.05) is 6.92 Å². The van der Waals surface area contributed by atoms with Crippen molar-refractivity contribution < 1.29 is 4.74 Å². The van der Waals surface area contributed by atoms with E-state index in [1.54, 1.807) is 7.11 Å². The van der Waals surface area contributed by atoms with E-state index >= 15 is 0 Å². The first-order valence-corrected chi connectivity index (χ1v) is 9.34. The molecule has 2 bridgehead atoms. The molecule has 3 aromatic rings. The van der Waals surface area contributed by atoms with Crippen LogP contribution < -0.4 is 4.74 Å². The second-order valence-corrected chi connectivity index (χ2v) is 7.59. The molecule has 0 aliphatic carbocycles. The summed E-state index contributed by atoms with van der Waals surface area (Å²) in [6.45, 7) is 2.96. The molecule has 2 atom stereocenters. The van der Waals surface area contributed by atoms with Gasteiger partial charge in [-0.3, -0.25) is 4.90 Å². The molecule has 0 radical (unpaired) electrons. The molecule has 26 heavy (non-hydrogen) atoms. The van der Waals surface area contributed by atoms with Crippen LogP contribution in [0.15, 0.2) is 30.6 Å². The summed E-state index contributed by atoms with van der Waals surface area (Å²) in [5, 5.41) is 1.32. The summed E-state index contributed by atoms with van der Waals surface area (Å²) in [5.41, 5.74) is 5.22. The van der Waals surface area contributed by atoms with Gasteiger partial charge in [0.2, 0.25) is 0 Å². The molecule has 2 aliphatic heterocycles. The average Bonchev–Trinajstić information content (AvgIpc) is 3.10. The van der Waals surface area contributed by atoms with Crippen LogP contribution in [0.1, 0.15) is 41.5 Å². The van der Waals surface area contributed by atoms with Gasteiger partial charge in [-0.15, -0.1) is 0 Å². The Kier molecular flexibility index (Phi) is 3.54. The van der Waals surface area contributed by atoms with Crippen LogP contribution in [0.2, 0.25) is 0 Å². The van der Waals surface area contributed by atoms with Gasteiger partial charge in [-0.25, -0.2) is 9.97 Å². The fourth-order valence-corrected chi connectivity index (χ4v) is 4.82. The number of ether oxygens (including phenoxy) is 1. The van der Waals surface area contributed by atoms with Crippen LogP contribution in [-0.4, -0.2) is 32.6 Å². The molecule has 0 unspecified atom stereocenters. The molecular formula is C21H24N4O. The number of hydrogen-bond donors (Lipinski definition) is 0. The van der Waals surface area contributed by atoms with E-state index in [0.717, 1.165) is 24.5 Å². The van der Waals surface area contributed by atoms with Gasteiger partial charge in [-0.2, -0.15) is 0 Å². The second kappa shape index (κ2) is 5.81. The standard InChI is InChI=1S/C21H24N4O/c1-13-22-10-18-19(23-13)8-15-4-7-20(18)25(15)12-14-11-24(2)21-9-16(26-3)5-6-17(14)21/h5-6,9-11,15,20H,4,7-8,12H2,1-3H3/t15-,20+/m0/s1. The van der Waals surface area contributed by atoms with Gasteiger partial charge < -0.3 is 9.30 Å². The van der Waals surface area contributed by atoms with Crippen molar-refractivity contribution in [2.75, 3.05) is 7.11 Å². The van der Waals surface area contributed by atoms with Crippen LogP contribution >= 0.6 is 0 Å². The van der Waals surface area contributed by atoms with Crippen molar-refractivity contribution >= 4 is 10.9 Å². The van der Waals surface area contributed by atoms with E-state index in [1.165, 1.54) is 40.6 Å². The molecule has 4 heterocycles. The number of aromatic nitrogens is 3. The Bertz CT molecular complexity index is 993. The van der Waals surface area contributed by atoms with Gasteiger partial charge in [0.1, 0.15) is 11.6 Å². The first-order chi connectivity index (χ1) is 12.6. The fourth-order valence-electron chi connectivity index (χ4n) is 4.82. The first-order valence-electron chi connectivity index (χ1n) is 9.34. The Morgan fingerprint density at radius 3 is 3.00 bits per heavy atom. The van der Waals surface area contributed by atoms with Crippen LogP contribution in [0.3, 0.4) is 0 Å². The van der Waals surface area contributed by atoms with Gasteiger partial charge in [-0.1, -0.05) is 0 Å². The second-order valence-electron chi connectivity index (χ2n) is 7.59. The van der Waals surface area contributed by atoms with Gasteiger partial charge in [0.15, 0.2) is 0 Å². The Morgan fingerprint density at radius 2 is 2.15 bits per heavy atom. The maximum atomic E-state index is 5.39. The summed E-state index contributed by atoms with van der Waals surface area (Å²) >= 11 is 0. The highest BCUT2D eigenvalue weighted by Gasteiger charge is 2.40. The number of nitrogens with zero attached hydrogens (tertiary/aromatic N) is 4. The highest BCUT2D eigenvalue weighted by Crippen LogP contribution is 2.44. The number of benzene rings is 1. The molecule has 0 amide bonds. The Morgan fingerprint density at radius 1 is 1.27 bits per heavy atom. The van der Waals surface area contributed by atoms with E-state index in [-0.39, 0.29) is 0 Å². The Hall–Kier alpha value is -2.40. The lowest BCUT2D eigenvalue weighted by molar-refractivity contribution is 0.166. The normalized spacial score (nSPS) is 22.0. The van der Waals surface area contributed by atoms with E-state index in [0.29, 0.717) is 12.1 Å². The molecule has 2 aromatic heterocycles. The molecular weight excluding hydrogens is 324 g/mol. The summed E-state index contributed by atoms with van der Waals surface area (Å²) in [6, 6.07) is 7.42. The zero-order valence-electron chi connectivity index (χ0n) is 15.6. The molecule has 0 saturated carbocycles. The van der Waals surface area contributed by atoms with Crippen molar-refractivity contribution in [2.45, 2.75) is 44.8 Å². The predicted octanol–water partition coefficient (Wildman–Crippen LogP) is 3.55. The largest absolute Gasteiger partial charge is 0.497 e. The topological polar surface area (TPSA) is 43.2 Å². The van der Waals surface area contributed by atoms with E-state index < -0.39 is 0 Å². The van der Waals surface area contributed by atoms with Crippen molar-refractivity contribution in [3.05, 3.63) is 53.2 Å². The highest BCUT2D eigenvalue weighted by atomic mass is 16.5. The highest BCUT2D eigenvalue weighted by molar-refractivity contribution is 5.85.